The molecule has 0 saturated heterocycles. The maximum absolute atomic E-state index is 11.7. The Bertz CT molecular complexity index is 760. The van der Waals surface area contributed by atoms with Gasteiger partial charge in [-0.05, 0) is 22.9 Å². The molecule has 3 aromatic rings. The summed E-state index contributed by atoms with van der Waals surface area (Å²) in [5.74, 6) is -0.212. The quantitative estimate of drug-likeness (QED) is 0.592. The molecule has 2 aromatic heterocycles. The second-order valence-electron chi connectivity index (χ2n) is 4.09. The summed E-state index contributed by atoms with van der Waals surface area (Å²) < 4.78 is 0. The summed E-state index contributed by atoms with van der Waals surface area (Å²) in [5.41, 5.74) is 3.23. The molecule has 0 aliphatic rings. The molecule has 0 aliphatic carbocycles. The van der Waals surface area contributed by atoms with Crippen LogP contribution in [0.3, 0.4) is 0 Å². The van der Waals surface area contributed by atoms with E-state index in [0.29, 0.717) is 4.88 Å². The number of thiophene rings is 1. The van der Waals surface area contributed by atoms with Crippen molar-refractivity contribution in [1.29, 1.82) is 0 Å². The molecule has 0 fully saturated rings. The molecule has 0 atom stereocenters. The van der Waals surface area contributed by atoms with E-state index in [9.17, 15) is 4.79 Å². The molecular weight excluding hydrogens is 270 g/mol. The minimum absolute atomic E-state index is 0.212. The van der Waals surface area contributed by atoms with Crippen molar-refractivity contribution in [1.82, 2.24) is 10.4 Å². The predicted octanol–water partition coefficient (Wildman–Crippen LogP) is 3.06. The van der Waals surface area contributed by atoms with Gasteiger partial charge in [-0.3, -0.25) is 9.78 Å². The molecule has 0 spiro atoms. The SMILES string of the molecule is O=C(NN=Cc1nccc2ccccc12)c1cccs1. The van der Waals surface area contributed by atoms with Crippen LogP contribution in [0.2, 0.25) is 0 Å². The van der Waals surface area contributed by atoms with Gasteiger partial charge < -0.3 is 0 Å². The first-order valence-electron chi connectivity index (χ1n) is 6.05. The summed E-state index contributed by atoms with van der Waals surface area (Å²) in [7, 11) is 0. The Hall–Kier alpha value is -2.53. The molecule has 98 valence electrons. The van der Waals surface area contributed by atoms with E-state index in [1.165, 1.54) is 11.3 Å². The highest BCUT2D eigenvalue weighted by Gasteiger charge is 2.04. The molecule has 0 unspecified atom stereocenters. The highest BCUT2D eigenvalue weighted by Crippen LogP contribution is 2.14. The number of carbonyl (C=O) groups excluding carboxylic acids is 1. The third-order valence-electron chi connectivity index (χ3n) is 2.80. The number of hydrazone groups is 1. The van der Waals surface area contributed by atoms with Gasteiger partial charge in [0.1, 0.15) is 0 Å². The number of benzene rings is 1. The van der Waals surface area contributed by atoms with Gasteiger partial charge in [0.25, 0.3) is 5.91 Å². The van der Waals surface area contributed by atoms with Crippen LogP contribution in [0.15, 0.2) is 59.1 Å². The molecule has 1 aromatic carbocycles. The smallest absolute Gasteiger partial charge is 0.266 e. The van der Waals surface area contributed by atoms with Crippen LogP contribution in [0.25, 0.3) is 10.8 Å². The number of amides is 1. The van der Waals surface area contributed by atoms with Crippen LogP contribution in [0.1, 0.15) is 15.4 Å². The first-order valence-corrected chi connectivity index (χ1v) is 6.93. The predicted molar refractivity (Wildman–Crippen MR) is 81.1 cm³/mol. The molecule has 2 heterocycles. The van der Waals surface area contributed by atoms with E-state index in [-0.39, 0.29) is 5.91 Å². The average molecular weight is 281 g/mol. The first kappa shape index (κ1) is 12.5. The summed E-state index contributed by atoms with van der Waals surface area (Å²) in [6.07, 6.45) is 3.29. The van der Waals surface area contributed by atoms with Crippen molar-refractivity contribution < 1.29 is 4.79 Å². The number of carbonyl (C=O) groups is 1. The van der Waals surface area contributed by atoms with Crippen LogP contribution in [-0.4, -0.2) is 17.1 Å². The van der Waals surface area contributed by atoms with Crippen molar-refractivity contribution in [3.05, 3.63) is 64.6 Å². The van der Waals surface area contributed by atoms with Crippen molar-refractivity contribution in [3.63, 3.8) is 0 Å². The average Bonchev–Trinajstić information content (AvgIpc) is 3.02. The van der Waals surface area contributed by atoms with Gasteiger partial charge in [-0.15, -0.1) is 11.3 Å². The lowest BCUT2D eigenvalue weighted by Gasteiger charge is -2.00. The molecule has 3 rings (SSSR count). The molecule has 4 nitrogen and oxygen atoms in total. The highest BCUT2D eigenvalue weighted by molar-refractivity contribution is 7.12. The Morgan fingerprint density at radius 3 is 2.95 bits per heavy atom. The zero-order chi connectivity index (χ0) is 13.8. The van der Waals surface area contributed by atoms with E-state index < -0.39 is 0 Å². The lowest BCUT2D eigenvalue weighted by Crippen LogP contribution is -2.16. The van der Waals surface area contributed by atoms with Gasteiger partial charge in [0.15, 0.2) is 0 Å². The maximum atomic E-state index is 11.7. The Balaban J connectivity index is 1.79. The summed E-state index contributed by atoms with van der Waals surface area (Å²) in [6, 6.07) is 13.4. The van der Waals surface area contributed by atoms with Gasteiger partial charge in [-0.1, -0.05) is 30.3 Å². The van der Waals surface area contributed by atoms with E-state index in [1.54, 1.807) is 18.5 Å². The highest BCUT2D eigenvalue weighted by atomic mass is 32.1. The van der Waals surface area contributed by atoms with Crippen LogP contribution in [0, 0.1) is 0 Å². The maximum Gasteiger partial charge on any atom is 0.281 e. The van der Waals surface area contributed by atoms with Crippen LogP contribution in [-0.2, 0) is 0 Å². The van der Waals surface area contributed by atoms with Gasteiger partial charge in [0.2, 0.25) is 0 Å². The molecule has 1 N–H and O–H groups in total. The first-order chi connectivity index (χ1) is 9.84. The normalized spacial score (nSPS) is 11.0. The van der Waals surface area contributed by atoms with E-state index in [0.717, 1.165) is 16.5 Å². The molecule has 20 heavy (non-hydrogen) atoms. The molecule has 1 amide bonds. The Morgan fingerprint density at radius 1 is 1.20 bits per heavy atom. The van der Waals surface area contributed by atoms with Crippen molar-refractivity contribution in [3.8, 4) is 0 Å². The number of rotatable bonds is 3. The van der Waals surface area contributed by atoms with E-state index in [4.69, 9.17) is 0 Å². The monoisotopic (exact) mass is 281 g/mol. The molecule has 0 aliphatic heterocycles. The van der Waals surface area contributed by atoms with Gasteiger partial charge in [0, 0.05) is 11.6 Å². The van der Waals surface area contributed by atoms with Gasteiger partial charge in [-0.2, -0.15) is 5.10 Å². The lowest BCUT2D eigenvalue weighted by atomic mass is 10.1. The van der Waals surface area contributed by atoms with Crippen LogP contribution in [0.5, 0.6) is 0 Å². The zero-order valence-electron chi connectivity index (χ0n) is 10.5. The zero-order valence-corrected chi connectivity index (χ0v) is 11.3. The van der Waals surface area contributed by atoms with Crippen molar-refractivity contribution in [2.24, 2.45) is 5.10 Å². The van der Waals surface area contributed by atoms with Crippen LogP contribution in [0.4, 0.5) is 0 Å². The van der Waals surface area contributed by atoms with E-state index >= 15 is 0 Å². The lowest BCUT2D eigenvalue weighted by molar-refractivity contribution is 0.0959. The van der Waals surface area contributed by atoms with E-state index in [1.807, 2.05) is 41.8 Å². The Labute approximate surface area is 119 Å². The largest absolute Gasteiger partial charge is 0.281 e. The Morgan fingerprint density at radius 2 is 2.10 bits per heavy atom. The standard InChI is InChI=1S/C15H11N3OS/c19-15(14-6-3-9-20-14)18-17-10-13-12-5-2-1-4-11(12)7-8-16-13/h1-10H,(H,18,19). The van der Waals surface area contributed by atoms with E-state index in [2.05, 4.69) is 15.5 Å². The van der Waals surface area contributed by atoms with Gasteiger partial charge >= 0.3 is 0 Å². The number of hydrogen-bond donors (Lipinski definition) is 1. The molecule has 5 heteroatoms. The number of fused-ring (bicyclic) bond motifs is 1. The van der Waals surface area contributed by atoms with Crippen LogP contribution < -0.4 is 5.43 Å². The number of nitrogens with zero attached hydrogens (tertiary/aromatic N) is 2. The molecular formula is C15H11N3OS. The van der Waals surface area contributed by atoms with Crippen LogP contribution >= 0.6 is 11.3 Å². The van der Waals surface area contributed by atoms with Crippen molar-refractivity contribution in [2.75, 3.05) is 0 Å². The fourth-order valence-electron chi connectivity index (χ4n) is 1.86. The molecule has 0 radical (unpaired) electrons. The summed E-state index contributed by atoms with van der Waals surface area (Å²) in [5, 5.41) is 7.91. The summed E-state index contributed by atoms with van der Waals surface area (Å²) >= 11 is 1.38. The fraction of sp³-hybridized carbons (Fsp3) is 0. The number of nitrogens with one attached hydrogen (secondary N) is 1. The summed E-state index contributed by atoms with van der Waals surface area (Å²) in [6.45, 7) is 0. The second kappa shape index (κ2) is 5.63. The number of aromatic nitrogens is 1. The van der Waals surface area contributed by atoms with Crippen molar-refractivity contribution in [2.45, 2.75) is 0 Å². The third-order valence-corrected chi connectivity index (χ3v) is 3.67. The second-order valence-corrected chi connectivity index (χ2v) is 5.04. The summed E-state index contributed by atoms with van der Waals surface area (Å²) in [4.78, 5) is 16.6. The minimum Gasteiger partial charge on any atom is -0.266 e. The third kappa shape index (κ3) is 2.57. The van der Waals surface area contributed by atoms with Crippen molar-refractivity contribution >= 4 is 34.2 Å². The van der Waals surface area contributed by atoms with Gasteiger partial charge in [0.05, 0.1) is 16.8 Å². The number of pyridine rings is 1. The molecule has 0 saturated carbocycles. The minimum atomic E-state index is -0.212. The molecule has 0 bridgehead atoms. The Kier molecular flexibility index (Phi) is 3.52. The van der Waals surface area contributed by atoms with Gasteiger partial charge in [-0.25, -0.2) is 5.43 Å². The fourth-order valence-corrected chi connectivity index (χ4v) is 2.47. The number of hydrogen-bond acceptors (Lipinski definition) is 4. The topological polar surface area (TPSA) is 54.4 Å².